The highest BCUT2D eigenvalue weighted by Crippen LogP contribution is 2.43. The lowest BCUT2D eigenvalue weighted by atomic mass is 9.71. The summed E-state index contributed by atoms with van der Waals surface area (Å²) in [5.41, 5.74) is 0.965. The van der Waals surface area contributed by atoms with Crippen LogP contribution in [0.4, 0.5) is 0 Å². The monoisotopic (exact) mass is 257 g/mol. The van der Waals surface area contributed by atoms with Gasteiger partial charge in [-0.15, -0.1) is 0 Å². The molecule has 100 valence electrons. The quantitative estimate of drug-likeness (QED) is 0.781. The Morgan fingerprint density at radius 2 is 1.89 bits per heavy atom. The molecular weight excluding hydrogens is 238 g/mol. The molecule has 0 unspecified atom stereocenters. The second-order valence-corrected chi connectivity index (χ2v) is 5.36. The van der Waals surface area contributed by atoms with Gasteiger partial charge in [-0.2, -0.15) is 5.26 Å². The van der Waals surface area contributed by atoms with Gasteiger partial charge in [-0.25, -0.2) is 0 Å². The van der Waals surface area contributed by atoms with Crippen LogP contribution in [-0.2, 0) is 14.9 Å². The number of nitrogens with zero attached hydrogens (tertiary/aromatic N) is 1. The summed E-state index contributed by atoms with van der Waals surface area (Å²) in [6.07, 6.45) is 4.47. The fraction of sp³-hybridized carbons (Fsp3) is 0.500. The van der Waals surface area contributed by atoms with Gasteiger partial charge in [0.1, 0.15) is 0 Å². The lowest BCUT2D eigenvalue weighted by Gasteiger charge is -2.33. The lowest BCUT2D eigenvalue weighted by molar-refractivity contribution is -0.149. The molecule has 0 radical (unpaired) electrons. The zero-order valence-electron chi connectivity index (χ0n) is 11.5. The Kier molecular flexibility index (Phi) is 3.90. The molecule has 0 bridgehead atoms. The first-order valence-electron chi connectivity index (χ1n) is 6.72. The van der Waals surface area contributed by atoms with E-state index in [4.69, 9.17) is 10.00 Å². The molecule has 19 heavy (non-hydrogen) atoms. The first-order valence-corrected chi connectivity index (χ1v) is 6.72. The van der Waals surface area contributed by atoms with Crippen LogP contribution in [0.25, 0.3) is 0 Å². The molecule has 3 heteroatoms. The van der Waals surface area contributed by atoms with Crippen molar-refractivity contribution in [2.24, 2.45) is 5.92 Å². The largest absolute Gasteiger partial charge is 0.468 e. The molecule has 0 aliphatic heterocycles. The van der Waals surface area contributed by atoms with Crippen molar-refractivity contribution in [3.63, 3.8) is 0 Å². The second kappa shape index (κ2) is 5.44. The molecule has 1 aliphatic rings. The Labute approximate surface area is 114 Å². The van der Waals surface area contributed by atoms with Crippen LogP contribution in [0.1, 0.15) is 43.7 Å². The summed E-state index contributed by atoms with van der Waals surface area (Å²) in [7, 11) is 1.44. The highest BCUT2D eigenvalue weighted by Gasteiger charge is 2.44. The third-order valence-electron chi connectivity index (χ3n) is 4.39. The highest BCUT2D eigenvalue weighted by atomic mass is 16.5. The Hall–Kier alpha value is -1.82. The van der Waals surface area contributed by atoms with Crippen molar-refractivity contribution in [3.8, 4) is 6.07 Å². The number of hydrogen-bond acceptors (Lipinski definition) is 3. The van der Waals surface area contributed by atoms with Gasteiger partial charge in [0, 0.05) is 0 Å². The third kappa shape index (κ3) is 2.35. The Morgan fingerprint density at radius 1 is 1.32 bits per heavy atom. The molecule has 0 spiro atoms. The van der Waals surface area contributed by atoms with Crippen molar-refractivity contribution >= 4 is 5.97 Å². The molecule has 0 N–H and O–H groups in total. The van der Waals surface area contributed by atoms with Crippen LogP contribution in [0.2, 0.25) is 0 Å². The van der Waals surface area contributed by atoms with Crippen LogP contribution >= 0.6 is 0 Å². The van der Waals surface area contributed by atoms with E-state index in [2.05, 4.69) is 6.07 Å². The third-order valence-corrected chi connectivity index (χ3v) is 4.39. The summed E-state index contributed by atoms with van der Waals surface area (Å²) in [6, 6.07) is 9.41. The smallest absolute Gasteiger partial charge is 0.316 e. The number of hydrogen-bond donors (Lipinski definition) is 0. The maximum atomic E-state index is 12.3. The van der Waals surface area contributed by atoms with Crippen molar-refractivity contribution in [3.05, 3.63) is 35.4 Å². The molecule has 1 aromatic rings. The summed E-state index contributed by atoms with van der Waals surface area (Å²) in [5, 5.41) is 8.86. The van der Waals surface area contributed by atoms with Crippen molar-refractivity contribution in [1.29, 1.82) is 5.26 Å². The van der Waals surface area contributed by atoms with E-state index < -0.39 is 5.41 Å². The number of nitriles is 1. The molecule has 1 saturated carbocycles. The average molecular weight is 257 g/mol. The van der Waals surface area contributed by atoms with E-state index in [0.29, 0.717) is 11.5 Å². The zero-order valence-corrected chi connectivity index (χ0v) is 11.5. The summed E-state index contributed by atoms with van der Waals surface area (Å²) in [6.45, 7) is 1.97. The Balaban J connectivity index is 2.41. The van der Waals surface area contributed by atoms with Gasteiger partial charge in [-0.3, -0.25) is 4.79 Å². The molecule has 1 aliphatic carbocycles. The maximum Gasteiger partial charge on any atom is 0.316 e. The van der Waals surface area contributed by atoms with Crippen LogP contribution in [-0.4, -0.2) is 13.1 Å². The van der Waals surface area contributed by atoms with Crippen molar-refractivity contribution in [1.82, 2.24) is 0 Å². The summed E-state index contributed by atoms with van der Waals surface area (Å²) in [4.78, 5) is 12.3. The van der Waals surface area contributed by atoms with Crippen LogP contribution in [0, 0.1) is 17.2 Å². The van der Waals surface area contributed by atoms with Crippen molar-refractivity contribution in [2.45, 2.75) is 38.0 Å². The van der Waals surface area contributed by atoms with E-state index in [9.17, 15) is 4.79 Å². The maximum absolute atomic E-state index is 12.3. The number of carbonyl (C=O) groups excluding carboxylic acids is 1. The Morgan fingerprint density at radius 3 is 2.37 bits per heavy atom. The number of esters is 1. The number of methoxy groups -OCH3 is 1. The minimum absolute atomic E-state index is 0.177. The zero-order chi connectivity index (χ0) is 13.9. The van der Waals surface area contributed by atoms with E-state index in [1.807, 2.05) is 19.1 Å². The van der Waals surface area contributed by atoms with Gasteiger partial charge in [-0.05, 0) is 43.4 Å². The number of carbonyl (C=O) groups is 1. The summed E-state index contributed by atoms with van der Waals surface area (Å²) >= 11 is 0. The van der Waals surface area contributed by atoms with Gasteiger partial charge >= 0.3 is 5.97 Å². The SMILES string of the molecule is COC(=O)[C@](C)(c1ccc(C#N)cc1)C1CCCC1. The van der Waals surface area contributed by atoms with Gasteiger partial charge < -0.3 is 4.74 Å². The van der Waals surface area contributed by atoms with Gasteiger partial charge in [0.05, 0.1) is 24.2 Å². The number of ether oxygens (including phenoxy) is 1. The summed E-state index contributed by atoms with van der Waals surface area (Å²) < 4.78 is 5.03. The van der Waals surface area contributed by atoms with Crippen LogP contribution in [0.5, 0.6) is 0 Å². The molecule has 2 rings (SSSR count). The first kappa shape index (κ1) is 13.6. The van der Waals surface area contributed by atoms with E-state index >= 15 is 0 Å². The molecule has 0 amide bonds. The number of benzene rings is 1. The van der Waals surface area contributed by atoms with E-state index in [1.54, 1.807) is 12.1 Å². The summed E-state index contributed by atoms with van der Waals surface area (Å²) in [5.74, 6) is 0.150. The Bertz CT molecular complexity index is 494. The molecule has 0 saturated heterocycles. The predicted octanol–water partition coefficient (Wildman–Crippen LogP) is 3.18. The lowest BCUT2D eigenvalue weighted by Crippen LogP contribution is -2.40. The normalized spacial score (nSPS) is 18.6. The average Bonchev–Trinajstić information content (AvgIpc) is 3.00. The highest BCUT2D eigenvalue weighted by molar-refractivity contribution is 5.83. The molecule has 1 fully saturated rings. The fourth-order valence-electron chi connectivity index (χ4n) is 3.13. The standard InChI is InChI=1S/C16H19NO2/c1-16(15(18)19-2,13-5-3-4-6-13)14-9-7-12(11-17)8-10-14/h7-10,13H,3-6H2,1-2H3/t16-/m0/s1. The molecule has 0 aromatic heterocycles. The van der Waals surface area contributed by atoms with Gasteiger partial charge in [0.15, 0.2) is 0 Å². The number of rotatable bonds is 3. The topological polar surface area (TPSA) is 50.1 Å². The van der Waals surface area contributed by atoms with Crippen molar-refractivity contribution < 1.29 is 9.53 Å². The van der Waals surface area contributed by atoms with Gasteiger partial charge in [0.2, 0.25) is 0 Å². The van der Waals surface area contributed by atoms with E-state index in [0.717, 1.165) is 18.4 Å². The van der Waals surface area contributed by atoms with E-state index in [1.165, 1.54) is 20.0 Å². The van der Waals surface area contributed by atoms with E-state index in [-0.39, 0.29) is 5.97 Å². The molecule has 3 nitrogen and oxygen atoms in total. The second-order valence-electron chi connectivity index (χ2n) is 5.36. The first-order chi connectivity index (χ1) is 9.12. The van der Waals surface area contributed by atoms with Gasteiger partial charge in [0.25, 0.3) is 0 Å². The fourth-order valence-corrected chi connectivity index (χ4v) is 3.13. The van der Waals surface area contributed by atoms with Crippen LogP contribution < -0.4 is 0 Å². The molecular formula is C16H19NO2. The van der Waals surface area contributed by atoms with Crippen LogP contribution in [0.15, 0.2) is 24.3 Å². The molecule has 1 aromatic carbocycles. The van der Waals surface area contributed by atoms with Gasteiger partial charge in [-0.1, -0.05) is 25.0 Å². The molecule has 0 heterocycles. The predicted molar refractivity (Wildman–Crippen MR) is 72.5 cm³/mol. The minimum atomic E-state index is -0.598. The van der Waals surface area contributed by atoms with Crippen molar-refractivity contribution in [2.75, 3.05) is 7.11 Å². The minimum Gasteiger partial charge on any atom is -0.468 e. The van der Waals surface area contributed by atoms with Crippen LogP contribution in [0.3, 0.4) is 0 Å². The molecule has 1 atom stereocenters.